The van der Waals surface area contributed by atoms with Gasteiger partial charge in [-0.15, -0.1) is 0 Å². The predicted molar refractivity (Wildman–Crippen MR) is 101 cm³/mol. The minimum absolute atomic E-state index is 0.167. The van der Waals surface area contributed by atoms with E-state index >= 15 is 0 Å². The van der Waals surface area contributed by atoms with Crippen LogP contribution in [0.3, 0.4) is 0 Å². The van der Waals surface area contributed by atoms with E-state index in [-0.39, 0.29) is 37.3 Å². The molecule has 2 aliphatic heterocycles. The number of carbonyl (C=O) groups is 1. The van der Waals surface area contributed by atoms with Gasteiger partial charge in [0.2, 0.25) is 11.9 Å². The summed E-state index contributed by atoms with van der Waals surface area (Å²) in [6.07, 6.45) is 2.60. The molecule has 0 atom stereocenters. The van der Waals surface area contributed by atoms with E-state index < -0.39 is 17.9 Å². The van der Waals surface area contributed by atoms with Gasteiger partial charge in [-0.2, -0.15) is 0 Å². The highest BCUT2D eigenvalue weighted by molar-refractivity contribution is 6.12. The van der Waals surface area contributed by atoms with Crippen LogP contribution in [0.4, 0.5) is 32.1 Å². The largest absolute Gasteiger partial charge is 0.388 e. The highest BCUT2D eigenvalue weighted by Crippen LogP contribution is 2.46. The standard InChI is InChI=1S/C18H21F2N7O2/c1-17(2)12-13(21-3)24-11(8-28)25-14(12)27(15(17)29)10-6-22-16(23-7-10)26-5-4-18(19,20)9-26/h6-7,28H,4-5,8-9H2,1-3H3,(H,21,24,25). The van der Waals surface area contributed by atoms with Gasteiger partial charge in [0.1, 0.15) is 18.2 Å². The molecule has 0 saturated carbocycles. The Kier molecular flexibility index (Phi) is 4.37. The fraction of sp³-hybridized carbons (Fsp3) is 0.500. The van der Waals surface area contributed by atoms with Crippen LogP contribution in [0.25, 0.3) is 0 Å². The van der Waals surface area contributed by atoms with E-state index in [1.165, 1.54) is 22.2 Å². The van der Waals surface area contributed by atoms with Gasteiger partial charge in [-0.1, -0.05) is 0 Å². The van der Waals surface area contributed by atoms with Crippen LogP contribution in [-0.2, 0) is 16.8 Å². The predicted octanol–water partition coefficient (Wildman–Crippen LogP) is 1.60. The molecule has 1 saturated heterocycles. The van der Waals surface area contributed by atoms with Gasteiger partial charge < -0.3 is 15.3 Å². The molecule has 0 unspecified atom stereocenters. The van der Waals surface area contributed by atoms with Crippen molar-refractivity contribution in [2.24, 2.45) is 0 Å². The molecule has 2 N–H and O–H groups in total. The number of aromatic nitrogens is 4. The van der Waals surface area contributed by atoms with Crippen LogP contribution in [0.1, 0.15) is 31.7 Å². The number of aliphatic hydroxyl groups is 1. The molecule has 2 aliphatic rings. The number of carbonyl (C=O) groups excluding carboxylic acids is 1. The Bertz CT molecular complexity index is 965. The third kappa shape index (κ3) is 3.05. The zero-order valence-corrected chi connectivity index (χ0v) is 16.3. The Morgan fingerprint density at radius 1 is 1.24 bits per heavy atom. The Balaban J connectivity index is 1.74. The molecule has 1 amide bonds. The molecular formula is C18H21F2N7O2. The smallest absolute Gasteiger partial charge is 0.267 e. The fourth-order valence-electron chi connectivity index (χ4n) is 3.70. The summed E-state index contributed by atoms with van der Waals surface area (Å²) in [5.41, 5.74) is 0.0452. The molecule has 0 aliphatic carbocycles. The molecular weight excluding hydrogens is 384 g/mol. The van der Waals surface area contributed by atoms with Crippen LogP contribution in [0.15, 0.2) is 12.4 Å². The summed E-state index contributed by atoms with van der Waals surface area (Å²) in [5.74, 6) is -1.86. The molecule has 154 valence electrons. The number of halogens is 2. The molecule has 4 rings (SSSR count). The van der Waals surface area contributed by atoms with Crippen molar-refractivity contribution in [1.82, 2.24) is 19.9 Å². The van der Waals surface area contributed by atoms with E-state index in [2.05, 4.69) is 25.3 Å². The summed E-state index contributed by atoms with van der Waals surface area (Å²) in [6.45, 7) is 2.88. The lowest BCUT2D eigenvalue weighted by Gasteiger charge is -2.20. The zero-order valence-electron chi connectivity index (χ0n) is 16.3. The van der Waals surface area contributed by atoms with Crippen molar-refractivity contribution in [2.45, 2.75) is 38.2 Å². The van der Waals surface area contributed by atoms with Gasteiger partial charge in [0, 0.05) is 20.0 Å². The van der Waals surface area contributed by atoms with Crippen LogP contribution in [0.2, 0.25) is 0 Å². The van der Waals surface area contributed by atoms with E-state index in [4.69, 9.17) is 0 Å². The third-order valence-corrected chi connectivity index (χ3v) is 5.22. The van der Waals surface area contributed by atoms with Crippen LogP contribution in [0.5, 0.6) is 0 Å². The van der Waals surface area contributed by atoms with Crippen molar-refractivity contribution in [1.29, 1.82) is 0 Å². The van der Waals surface area contributed by atoms with Gasteiger partial charge in [-0.3, -0.25) is 9.69 Å². The Morgan fingerprint density at radius 2 is 1.93 bits per heavy atom. The minimum Gasteiger partial charge on any atom is -0.388 e. The monoisotopic (exact) mass is 405 g/mol. The first-order valence-electron chi connectivity index (χ1n) is 9.17. The summed E-state index contributed by atoms with van der Waals surface area (Å²) < 4.78 is 26.9. The first kappa shape index (κ1) is 19.4. The second-order valence-electron chi connectivity index (χ2n) is 7.63. The minimum atomic E-state index is -2.75. The highest BCUT2D eigenvalue weighted by atomic mass is 19.3. The van der Waals surface area contributed by atoms with E-state index in [0.717, 1.165) is 0 Å². The molecule has 2 aromatic heterocycles. The molecule has 0 radical (unpaired) electrons. The number of amides is 1. The number of fused-ring (bicyclic) bond motifs is 1. The molecule has 0 aromatic carbocycles. The molecule has 2 aromatic rings. The van der Waals surface area contributed by atoms with Crippen molar-refractivity contribution in [2.75, 3.05) is 35.3 Å². The lowest BCUT2D eigenvalue weighted by atomic mass is 9.87. The second-order valence-corrected chi connectivity index (χ2v) is 7.63. The highest BCUT2D eigenvalue weighted by Gasteiger charge is 2.48. The lowest BCUT2D eigenvalue weighted by molar-refractivity contribution is -0.121. The van der Waals surface area contributed by atoms with Crippen molar-refractivity contribution >= 4 is 29.2 Å². The first-order chi connectivity index (χ1) is 13.7. The van der Waals surface area contributed by atoms with Gasteiger partial charge in [0.05, 0.1) is 35.6 Å². The van der Waals surface area contributed by atoms with E-state index in [1.807, 2.05) is 0 Å². The molecule has 4 heterocycles. The van der Waals surface area contributed by atoms with Gasteiger partial charge in [-0.25, -0.2) is 28.7 Å². The second kappa shape index (κ2) is 6.55. The zero-order chi connectivity index (χ0) is 21.0. The summed E-state index contributed by atoms with van der Waals surface area (Å²) >= 11 is 0. The summed E-state index contributed by atoms with van der Waals surface area (Å²) in [4.78, 5) is 33.0. The number of rotatable bonds is 4. The number of nitrogens with zero attached hydrogens (tertiary/aromatic N) is 6. The van der Waals surface area contributed by atoms with Gasteiger partial charge in [0.25, 0.3) is 5.92 Å². The number of alkyl halides is 2. The molecule has 29 heavy (non-hydrogen) atoms. The number of anilines is 4. The Hall–Kier alpha value is -2.95. The third-order valence-electron chi connectivity index (χ3n) is 5.22. The summed E-state index contributed by atoms with van der Waals surface area (Å²) in [7, 11) is 1.68. The topological polar surface area (TPSA) is 107 Å². The van der Waals surface area contributed by atoms with E-state index in [9.17, 15) is 18.7 Å². The maximum absolute atomic E-state index is 13.5. The van der Waals surface area contributed by atoms with Crippen molar-refractivity contribution in [3.8, 4) is 0 Å². The van der Waals surface area contributed by atoms with Crippen molar-refractivity contribution in [3.05, 3.63) is 23.8 Å². The quantitative estimate of drug-likeness (QED) is 0.790. The van der Waals surface area contributed by atoms with Crippen LogP contribution in [0, 0.1) is 0 Å². The fourth-order valence-corrected chi connectivity index (χ4v) is 3.70. The number of hydrogen-bond acceptors (Lipinski definition) is 8. The number of hydrogen-bond donors (Lipinski definition) is 2. The Labute approximate surface area is 165 Å². The van der Waals surface area contributed by atoms with Crippen LogP contribution < -0.4 is 15.1 Å². The SMILES string of the molecule is CNc1nc(CO)nc2c1C(C)(C)C(=O)N2c1cnc(N2CCC(F)(F)C2)nc1. The molecule has 11 heteroatoms. The maximum atomic E-state index is 13.5. The molecule has 9 nitrogen and oxygen atoms in total. The Morgan fingerprint density at radius 3 is 2.48 bits per heavy atom. The van der Waals surface area contributed by atoms with Crippen LogP contribution >= 0.6 is 0 Å². The van der Waals surface area contributed by atoms with E-state index in [0.29, 0.717) is 22.9 Å². The van der Waals surface area contributed by atoms with Crippen LogP contribution in [-0.4, -0.2) is 57.0 Å². The first-order valence-corrected chi connectivity index (χ1v) is 9.17. The summed E-state index contributed by atoms with van der Waals surface area (Å²) in [6, 6.07) is 0. The van der Waals surface area contributed by atoms with E-state index in [1.54, 1.807) is 20.9 Å². The van der Waals surface area contributed by atoms with Crippen molar-refractivity contribution in [3.63, 3.8) is 0 Å². The number of nitrogens with one attached hydrogen (secondary N) is 1. The summed E-state index contributed by atoms with van der Waals surface area (Å²) in [5, 5.41) is 12.4. The van der Waals surface area contributed by atoms with Crippen molar-refractivity contribution < 1.29 is 18.7 Å². The average molecular weight is 405 g/mol. The molecule has 1 fully saturated rings. The van der Waals surface area contributed by atoms with Gasteiger partial charge >= 0.3 is 0 Å². The number of aliphatic hydroxyl groups excluding tert-OH is 1. The normalized spacial score (nSPS) is 19.6. The average Bonchev–Trinajstić information content (AvgIpc) is 3.16. The van der Waals surface area contributed by atoms with Gasteiger partial charge in [-0.05, 0) is 13.8 Å². The molecule has 0 bridgehead atoms. The maximum Gasteiger partial charge on any atom is 0.267 e. The lowest BCUT2D eigenvalue weighted by Crippen LogP contribution is -2.33. The van der Waals surface area contributed by atoms with Gasteiger partial charge in [0.15, 0.2) is 5.82 Å². The molecule has 0 spiro atoms.